The maximum Gasteiger partial charge on any atom is 0.347 e. The zero-order chi connectivity index (χ0) is 35.6. The number of carbonyl (C=O) groups excluding carboxylic acids is 4. The summed E-state index contributed by atoms with van der Waals surface area (Å²) in [6.07, 6.45) is -0.322. The van der Waals surface area contributed by atoms with Crippen LogP contribution < -0.4 is 15.4 Å². The van der Waals surface area contributed by atoms with Crippen molar-refractivity contribution in [2.45, 2.75) is 83.6 Å². The van der Waals surface area contributed by atoms with Gasteiger partial charge in [-0.2, -0.15) is 0 Å². The van der Waals surface area contributed by atoms with Gasteiger partial charge in [0.15, 0.2) is 6.10 Å². The molecule has 1 aliphatic rings. The molecule has 0 aliphatic carbocycles. The number of aliphatic hydroxyl groups is 1. The molecule has 2 amide bonds. The highest BCUT2D eigenvalue weighted by molar-refractivity contribution is 6.32. The van der Waals surface area contributed by atoms with Gasteiger partial charge in [-0.25, -0.2) is 4.79 Å². The van der Waals surface area contributed by atoms with Gasteiger partial charge in [0.2, 0.25) is 11.8 Å². The van der Waals surface area contributed by atoms with Gasteiger partial charge in [0.25, 0.3) is 0 Å². The summed E-state index contributed by atoms with van der Waals surface area (Å²) in [4.78, 5) is 53.3. The van der Waals surface area contributed by atoms with Crippen molar-refractivity contribution in [2.24, 2.45) is 17.3 Å². The fourth-order valence-corrected chi connectivity index (χ4v) is 5.83. The molecule has 0 radical (unpaired) electrons. The third-order valence-corrected chi connectivity index (χ3v) is 8.85. The van der Waals surface area contributed by atoms with E-state index in [0.717, 1.165) is 0 Å². The molecular formula is C36H46Cl2N2O8. The van der Waals surface area contributed by atoms with E-state index in [4.69, 9.17) is 37.4 Å². The SMILES string of the molecule is COc1ccc(C[C@H]2NC(=O)/C=C/C[C@@H]([C@@H](C)[C@@H](O)C(Cl)c3ccccc3)OC(=O)[C@H](CC(C)(C)C)OC(=O)C(C)CNC2=O)cc1Cl. The van der Waals surface area contributed by atoms with Crippen LogP contribution in [0.5, 0.6) is 5.75 Å². The molecule has 3 rings (SSSR count). The highest BCUT2D eigenvalue weighted by atomic mass is 35.5. The molecule has 3 N–H and O–H groups in total. The van der Waals surface area contributed by atoms with Crippen molar-refractivity contribution in [1.82, 2.24) is 10.6 Å². The van der Waals surface area contributed by atoms with Crippen LogP contribution in [0, 0.1) is 17.3 Å². The Kier molecular flexibility index (Phi) is 14.3. The maximum atomic E-state index is 13.6. The van der Waals surface area contributed by atoms with Gasteiger partial charge in [0.05, 0.1) is 29.5 Å². The number of methoxy groups -OCH3 is 1. The Hall–Kier alpha value is -3.60. The molecule has 262 valence electrons. The van der Waals surface area contributed by atoms with Crippen molar-refractivity contribution >= 4 is 47.0 Å². The largest absolute Gasteiger partial charge is 0.495 e. The van der Waals surface area contributed by atoms with Gasteiger partial charge in [-0.1, -0.05) is 88.7 Å². The van der Waals surface area contributed by atoms with Crippen LogP contribution in [0.1, 0.15) is 64.0 Å². The summed E-state index contributed by atoms with van der Waals surface area (Å²) in [6.45, 7) is 8.85. The van der Waals surface area contributed by atoms with E-state index >= 15 is 0 Å². The molecule has 0 fully saturated rings. The molecule has 0 aromatic heterocycles. The van der Waals surface area contributed by atoms with Crippen molar-refractivity contribution in [3.8, 4) is 5.75 Å². The van der Waals surface area contributed by atoms with Crippen LogP contribution in [-0.2, 0) is 35.1 Å². The predicted molar refractivity (Wildman–Crippen MR) is 184 cm³/mol. The van der Waals surface area contributed by atoms with Gasteiger partial charge in [0, 0.05) is 31.7 Å². The topological polar surface area (TPSA) is 140 Å². The quantitative estimate of drug-likeness (QED) is 0.248. The normalized spacial score (nSPS) is 24.3. The number of halogens is 2. The zero-order valence-electron chi connectivity index (χ0n) is 28.2. The summed E-state index contributed by atoms with van der Waals surface area (Å²) in [7, 11) is 1.49. The fourth-order valence-electron chi connectivity index (χ4n) is 5.17. The van der Waals surface area contributed by atoms with E-state index in [0.29, 0.717) is 21.9 Å². The van der Waals surface area contributed by atoms with Gasteiger partial charge in [0.1, 0.15) is 17.9 Å². The minimum Gasteiger partial charge on any atom is -0.495 e. The monoisotopic (exact) mass is 704 g/mol. The van der Waals surface area contributed by atoms with E-state index in [1.54, 1.807) is 56.3 Å². The number of rotatable bonds is 8. The molecule has 10 nitrogen and oxygen atoms in total. The van der Waals surface area contributed by atoms with E-state index in [2.05, 4.69) is 10.6 Å². The second-order valence-corrected chi connectivity index (χ2v) is 14.2. The van der Waals surface area contributed by atoms with E-state index in [-0.39, 0.29) is 25.8 Å². The third-order valence-electron chi connectivity index (χ3n) is 8.04. The number of ether oxygens (including phenoxy) is 3. The highest BCUT2D eigenvalue weighted by Gasteiger charge is 2.37. The number of amides is 2. The summed E-state index contributed by atoms with van der Waals surface area (Å²) < 4.78 is 16.8. The molecule has 0 saturated carbocycles. The Balaban J connectivity index is 1.94. The number of cyclic esters (lactones) is 2. The van der Waals surface area contributed by atoms with Crippen molar-refractivity contribution in [3.05, 3.63) is 76.8 Å². The maximum absolute atomic E-state index is 13.6. The third kappa shape index (κ3) is 11.5. The van der Waals surface area contributed by atoms with E-state index in [1.807, 2.05) is 26.8 Å². The van der Waals surface area contributed by atoms with Gasteiger partial charge < -0.3 is 30.0 Å². The van der Waals surface area contributed by atoms with Crippen LogP contribution in [0.2, 0.25) is 5.02 Å². The van der Waals surface area contributed by atoms with Gasteiger partial charge in [-0.3, -0.25) is 14.4 Å². The average Bonchev–Trinajstić information content (AvgIpc) is 3.04. The van der Waals surface area contributed by atoms with E-state index in [1.165, 1.54) is 19.3 Å². The Morgan fingerprint density at radius 2 is 1.73 bits per heavy atom. The molecular weight excluding hydrogens is 659 g/mol. The van der Waals surface area contributed by atoms with Crippen LogP contribution in [0.3, 0.4) is 0 Å². The lowest BCUT2D eigenvalue weighted by molar-refractivity contribution is -0.178. The number of hydrogen-bond donors (Lipinski definition) is 3. The predicted octanol–water partition coefficient (Wildman–Crippen LogP) is 5.33. The first-order valence-electron chi connectivity index (χ1n) is 15.9. The molecule has 2 unspecified atom stereocenters. The number of carbonyl (C=O) groups is 4. The fraction of sp³-hybridized carbons (Fsp3) is 0.500. The van der Waals surface area contributed by atoms with Crippen molar-refractivity contribution in [2.75, 3.05) is 13.7 Å². The Labute approximate surface area is 292 Å². The minimum atomic E-state index is -1.25. The smallest absolute Gasteiger partial charge is 0.347 e. The first kappa shape index (κ1) is 38.8. The molecule has 2 aromatic rings. The van der Waals surface area contributed by atoms with Crippen molar-refractivity contribution in [1.29, 1.82) is 0 Å². The molecule has 12 heteroatoms. The first-order valence-corrected chi connectivity index (χ1v) is 16.8. The Morgan fingerprint density at radius 3 is 2.35 bits per heavy atom. The summed E-state index contributed by atoms with van der Waals surface area (Å²) in [5.41, 5.74) is 0.928. The Bertz CT molecular complexity index is 1450. The molecule has 0 saturated heterocycles. The molecule has 7 atom stereocenters. The average molecular weight is 706 g/mol. The Morgan fingerprint density at radius 1 is 1.04 bits per heavy atom. The number of alkyl halides is 1. The van der Waals surface area contributed by atoms with E-state index < -0.39 is 70.7 Å². The van der Waals surface area contributed by atoms with Crippen molar-refractivity contribution < 1.29 is 38.5 Å². The molecule has 1 heterocycles. The minimum absolute atomic E-state index is 0.0212. The van der Waals surface area contributed by atoms with Crippen molar-refractivity contribution in [3.63, 3.8) is 0 Å². The second-order valence-electron chi connectivity index (χ2n) is 13.3. The van der Waals surface area contributed by atoms with Crippen LogP contribution in [0.4, 0.5) is 0 Å². The van der Waals surface area contributed by atoms with E-state index in [9.17, 15) is 24.3 Å². The molecule has 2 aromatic carbocycles. The highest BCUT2D eigenvalue weighted by Crippen LogP contribution is 2.32. The number of aliphatic hydroxyl groups excluding tert-OH is 1. The number of benzene rings is 2. The summed E-state index contributed by atoms with van der Waals surface area (Å²) in [5.74, 6) is -3.65. The first-order chi connectivity index (χ1) is 22.6. The van der Waals surface area contributed by atoms with Crippen LogP contribution in [0.15, 0.2) is 60.7 Å². The van der Waals surface area contributed by atoms with Crippen LogP contribution >= 0.6 is 23.2 Å². The second kappa shape index (κ2) is 17.7. The summed E-state index contributed by atoms with van der Waals surface area (Å²) in [5, 5.41) is 16.2. The van der Waals surface area contributed by atoms with Crippen LogP contribution in [-0.4, -0.2) is 66.9 Å². The number of nitrogens with one attached hydrogen (secondary N) is 2. The summed E-state index contributed by atoms with van der Waals surface area (Å²) >= 11 is 13.0. The summed E-state index contributed by atoms with van der Waals surface area (Å²) in [6, 6.07) is 13.0. The lowest BCUT2D eigenvalue weighted by Crippen LogP contribution is -2.49. The zero-order valence-corrected chi connectivity index (χ0v) is 29.7. The number of hydrogen-bond acceptors (Lipinski definition) is 8. The molecule has 1 aliphatic heterocycles. The number of esters is 2. The standard InChI is InChI=1S/C36H46Cl2N2O8/c1-21-20-39-33(43)26(18-23-15-16-28(46-6)25(37)17-23)40-30(41)14-10-13-27(22(2)32(42)31(38)24-11-8-7-9-12-24)47-35(45)29(48-34(21)44)19-36(3,4)5/h7-12,14-17,21-22,26-27,29,31-32,42H,13,18-20H2,1-6H3,(H,39,43)(H,40,41)/b14-10+/t21?,22-,26-,27+,29+,31?,32-/m1/s1. The van der Waals surface area contributed by atoms with Gasteiger partial charge in [-0.15, -0.1) is 11.6 Å². The van der Waals surface area contributed by atoms with Gasteiger partial charge in [-0.05, 0) is 34.8 Å². The molecule has 0 bridgehead atoms. The van der Waals surface area contributed by atoms with Crippen LogP contribution in [0.25, 0.3) is 0 Å². The van der Waals surface area contributed by atoms with Gasteiger partial charge >= 0.3 is 11.9 Å². The lowest BCUT2D eigenvalue weighted by Gasteiger charge is -2.32. The molecule has 48 heavy (non-hydrogen) atoms. The lowest BCUT2D eigenvalue weighted by atomic mass is 9.88. The molecule has 0 spiro atoms.